The minimum absolute atomic E-state index is 0.141. The van der Waals surface area contributed by atoms with Gasteiger partial charge in [-0.15, -0.1) is 0 Å². The summed E-state index contributed by atoms with van der Waals surface area (Å²) in [5.74, 6) is -3.27. The van der Waals surface area contributed by atoms with Gasteiger partial charge in [0.05, 0.1) is 18.1 Å². The Balaban J connectivity index is 1.56. The molecule has 2 saturated heterocycles. The van der Waals surface area contributed by atoms with E-state index in [9.17, 15) is 24.3 Å². The Hall–Kier alpha value is -3.50. The number of ether oxygens (including phenoxy) is 2. The second-order valence-corrected chi connectivity index (χ2v) is 11.6. The molecule has 5 bridgehead atoms. The van der Waals surface area contributed by atoms with E-state index < -0.39 is 47.7 Å². The molecule has 0 unspecified atom stereocenters. The van der Waals surface area contributed by atoms with Gasteiger partial charge in [-0.05, 0) is 31.7 Å². The lowest BCUT2D eigenvalue weighted by atomic mass is 9.74. The lowest BCUT2D eigenvalue weighted by molar-refractivity contribution is -0.161. The van der Waals surface area contributed by atoms with Gasteiger partial charge in [0.25, 0.3) is 0 Å². The Bertz CT molecular complexity index is 1230. The zero-order valence-electron chi connectivity index (χ0n) is 24.3. The maximum absolute atomic E-state index is 14.3. The van der Waals surface area contributed by atoms with Gasteiger partial charge in [0.15, 0.2) is 0 Å². The molecule has 4 aliphatic heterocycles. The molecule has 0 aromatic heterocycles. The number of carbonyl (C=O) groups is 4. The van der Waals surface area contributed by atoms with Crippen LogP contribution in [0.15, 0.2) is 54.6 Å². The molecule has 5 rings (SSSR count). The van der Waals surface area contributed by atoms with E-state index in [4.69, 9.17) is 9.47 Å². The number of esters is 1. The van der Waals surface area contributed by atoms with Crippen molar-refractivity contribution in [2.75, 3.05) is 26.2 Å². The van der Waals surface area contributed by atoms with Crippen LogP contribution in [0.25, 0.3) is 0 Å². The zero-order valence-corrected chi connectivity index (χ0v) is 24.3. The first-order valence-corrected chi connectivity index (χ1v) is 15.1. The van der Waals surface area contributed by atoms with Crippen molar-refractivity contribution in [3.05, 3.63) is 60.2 Å². The summed E-state index contributed by atoms with van der Waals surface area (Å²) < 4.78 is 12.6. The number of likely N-dealkylation sites (tertiary alicyclic amines) is 1. The number of hydrogen-bond donors (Lipinski definition) is 2. The van der Waals surface area contributed by atoms with Crippen LogP contribution in [0, 0.1) is 11.8 Å². The Morgan fingerprint density at radius 3 is 2.57 bits per heavy atom. The van der Waals surface area contributed by atoms with Crippen molar-refractivity contribution in [2.24, 2.45) is 11.8 Å². The van der Waals surface area contributed by atoms with Gasteiger partial charge in [0.2, 0.25) is 17.7 Å². The second-order valence-electron chi connectivity index (χ2n) is 11.6. The number of amides is 3. The van der Waals surface area contributed by atoms with Crippen LogP contribution in [-0.4, -0.2) is 88.6 Å². The minimum atomic E-state index is -1.30. The molecular weight excluding hydrogens is 538 g/mol. The van der Waals surface area contributed by atoms with Crippen molar-refractivity contribution in [1.29, 1.82) is 0 Å². The highest BCUT2D eigenvalue weighted by atomic mass is 16.6. The molecule has 4 heterocycles. The number of allylic oxidation sites excluding steroid dienone is 1. The standard InChI is InChI=1S/C32H41N3O7/c1-3-4-17-34-18-10-6-9-14-24(37)33-21(2)27(22-12-7-5-8-13-22)41-31(40)25-23-15-16-32(42-23)26(25)29(38)35(19-11-20-36)28(32)30(34)39/h5-8,10,12-13,15-16,21,23,25-28,36H,3-4,9,11,14,17-20H2,1-2H3,(H,33,37)/b10-6-/t21-,23+,25-,26-,27+,28+,32-/m1/s1. The number of aliphatic hydroxyl groups is 1. The zero-order chi connectivity index (χ0) is 29.9. The third kappa shape index (κ3) is 5.49. The van der Waals surface area contributed by atoms with Crippen molar-refractivity contribution < 1.29 is 33.8 Å². The maximum Gasteiger partial charge on any atom is 0.313 e. The molecule has 2 fully saturated rings. The number of rotatable bonds is 7. The molecule has 10 nitrogen and oxygen atoms in total. The smallest absolute Gasteiger partial charge is 0.313 e. The Morgan fingerprint density at radius 1 is 1.05 bits per heavy atom. The number of hydrogen-bond acceptors (Lipinski definition) is 7. The van der Waals surface area contributed by atoms with Crippen molar-refractivity contribution in [2.45, 2.75) is 75.8 Å². The number of nitrogens with zero attached hydrogens (tertiary/aromatic N) is 2. The van der Waals surface area contributed by atoms with E-state index in [2.05, 4.69) is 5.32 Å². The van der Waals surface area contributed by atoms with Gasteiger partial charge in [-0.2, -0.15) is 0 Å². The number of carbonyl (C=O) groups excluding carboxylic acids is 4. The van der Waals surface area contributed by atoms with Crippen LogP contribution in [0.2, 0.25) is 0 Å². The number of aliphatic hydroxyl groups excluding tert-OH is 1. The summed E-state index contributed by atoms with van der Waals surface area (Å²) in [6.07, 6.45) is 8.50. The third-order valence-electron chi connectivity index (χ3n) is 8.77. The highest BCUT2D eigenvalue weighted by molar-refractivity contribution is 5.99. The average Bonchev–Trinajstić information content (AvgIpc) is 3.63. The molecule has 42 heavy (non-hydrogen) atoms. The molecular formula is C32H41N3O7. The van der Waals surface area contributed by atoms with Crippen molar-refractivity contribution in [3.63, 3.8) is 0 Å². The number of benzene rings is 1. The van der Waals surface area contributed by atoms with E-state index in [0.29, 0.717) is 31.5 Å². The van der Waals surface area contributed by atoms with E-state index in [0.717, 1.165) is 12.8 Å². The maximum atomic E-state index is 14.3. The van der Waals surface area contributed by atoms with Crippen LogP contribution >= 0.6 is 0 Å². The average molecular weight is 580 g/mol. The molecule has 4 aliphatic rings. The SMILES string of the molecule is CCCCN1C/C=C\CCC(=O)N[C@H](C)[C@@H](c2ccccc2)OC(=O)[C@@H]2[C@@H]3C=C[C@]4(O3)[C@H](C1=O)N(CCCO)C(=O)[C@@H]24. The number of nitrogens with one attached hydrogen (secondary N) is 1. The molecule has 0 saturated carbocycles. The minimum Gasteiger partial charge on any atom is -0.455 e. The molecule has 3 amide bonds. The summed E-state index contributed by atoms with van der Waals surface area (Å²) >= 11 is 0. The molecule has 1 aromatic carbocycles. The molecule has 10 heteroatoms. The summed E-state index contributed by atoms with van der Waals surface area (Å²) in [5, 5.41) is 12.6. The first-order chi connectivity index (χ1) is 20.3. The molecule has 7 atom stereocenters. The second kappa shape index (κ2) is 12.8. The topological polar surface area (TPSA) is 125 Å². The number of cyclic esters (lactones) is 1. The summed E-state index contributed by atoms with van der Waals surface area (Å²) in [6.45, 7) is 4.69. The highest BCUT2D eigenvalue weighted by Crippen LogP contribution is 2.56. The van der Waals surface area contributed by atoms with Crippen LogP contribution in [0.4, 0.5) is 0 Å². The predicted molar refractivity (Wildman–Crippen MR) is 154 cm³/mol. The largest absolute Gasteiger partial charge is 0.455 e. The van der Waals surface area contributed by atoms with Crippen LogP contribution < -0.4 is 5.32 Å². The molecule has 0 radical (unpaired) electrons. The predicted octanol–water partition coefficient (Wildman–Crippen LogP) is 2.29. The van der Waals surface area contributed by atoms with Gasteiger partial charge >= 0.3 is 5.97 Å². The first-order valence-electron chi connectivity index (χ1n) is 15.1. The summed E-state index contributed by atoms with van der Waals surface area (Å²) in [5.41, 5.74) is -0.588. The molecule has 2 N–H and O–H groups in total. The Kier molecular flexibility index (Phi) is 9.13. The van der Waals surface area contributed by atoms with E-state index in [-0.39, 0.29) is 37.3 Å². The molecule has 1 aromatic rings. The lowest BCUT2D eigenvalue weighted by Crippen LogP contribution is -2.56. The van der Waals surface area contributed by atoms with E-state index >= 15 is 0 Å². The van der Waals surface area contributed by atoms with Gasteiger partial charge < -0.3 is 29.7 Å². The monoisotopic (exact) mass is 579 g/mol. The quantitative estimate of drug-likeness (QED) is 0.375. The molecule has 226 valence electrons. The highest BCUT2D eigenvalue weighted by Gasteiger charge is 2.73. The summed E-state index contributed by atoms with van der Waals surface area (Å²) in [4.78, 5) is 58.4. The lowest BCUT2D eigenvalue weighted by Gasteiger charge is -2.36. The van der Waals surface area contributed by atoms with Crippen LogP contribution in [0.3, 0.4) is 0 Å². The van der Waals surface area contributed by atoms with Gasteiger partial charge in [0, 0.05) is 32.7 Å². The van der Waals surface area contributed by atoms with Crippen LogP contribution in [0.1, 0.15) is 57.6 Å². The summed E-state index contributed by atoms with van der Waals surface area (Å²) in [6, 6.07) is 7.70. The van der Waals surface area contributed by atoms with E-state index in [1.165, 1.54) is 4.90 Å². The normalized spacial score (nSPS) is 34.0. The van der Waals surface area contributed by atoms with E-state index in [1.54, 1.807) is 24.0 Å². The van der Waals surface area contributed by atoms with Crippen molar-refractivity contribution in [3.8, 4) is 0 Å². The summed E-state index contributed by atoms with van der Waals surface area (Å²) in [7, 11) is 0. The fourth-order valence-corrected chi connectivity index (χ4v) is 6.75. The van der Waals surface area contributed by atoms with Gasteiger partial charge in [-0.3, -0.25) is 19.2 Å². The van der Waals surface area contributed by atoms with Crippen LogP contribution in [-0.2, 0) is 28.7 Å². The fraction of sp³-hybridized carbons (Fsp3) is 0.562. The molecule has 0 aliphatic carbocycles. The van der Waals surface area contributed by atoms with Crippen molar-refractivity contribution in [1.82, 2.24) is 15.1 Å². The van der Waals surface area contributed by atoms with Gasteiger partial charge in [-0.1, -0.05) is 68.0 Å². The Morgan fingerprint density at radius 2 is 1.83 bits per heavy atom. The third-order valence-corrected chi connectivity index (χ3v) is 8.77. The fourth-order valence-electron chi connectivity index (χ4n) is 6.75. The van der Waals surface area contributed by atoms with Gasteiger partial charge in [-0.25, -0.2) is 0 Å². The van der Waals surface area contributed by atoms with Gasteiger partial charge in [0.1, 0.15) is 23.7 Å². The first kappa shape index (κ1) is 30.0. The Labute approximate surface area is 246 Å². The molecule has 1 spiro atoms. The number of fused-ring (bicyclic) bond motifs is 2. The van der Waals surface area contributed by atoms with E-state index in [1.807, 2.05) is 49.4 Å². The van der Waals surface area contributed by atoms with Crippen molar-refractivity contribution >= 4 is 23.7 Å². The van der Waals surface area contributed by atoms with Crippen LogP contribution in [0.5, 0.6) is 0 Å². The number of unbranched alkanes of at least 4 members (excludes halogenated alkanes) is 1.